The number of ether oxygens (including phenoxy) is 1. The SMILES string of the molecule is O=C(CCc1ccccc1)OCC1CC1(Cl)Cl. The molecule has 0 aliphatic heterocycles. The monoisotopic (exact) mass is 272 g/mol. The zero-order valence-corrected chi connectivity index (χ0v) is 10.9. The van der Waals surface area contributed by atoms with Crippen molar-refractivity contribution in [3.63, 3.8) is 0 Å². The lowest BCUT2D eigenvalue weighted by atomic mass is 10.1. The van der Waals surface area contributed by atoms with Gasteiger partial charge in [0.1, 0.15) is 4.33 Å². The molecule has 1 aliphatic carbocycles. The molecule has 0 heterocycles. The number of rotatable bonds is 5. The van der Waals surface area contributed by atoms with Crippen molar-refractivity contribution in [2.45, 2.75) is 23.6 Å². The van der Waals surface area contributed by atoms with E-state index in [1.807, 2.05) is 30.3 Å². The number of benzene rings is 1. The maximum Gasteiger partial charge on any atom is 0.306 e. The van der Waals surface area contributed by atoms with Crippen molar-refractivity contribution < 1.29 is 9.53 Å². The molecule has 0 saturated heterocycles. The van der Waals surface area contributed by atoms with Crippen LogP contribution in [-0.4, -0.2) is 16.9 Å². The van der Waals surface area contributed by atoms with Gasteiger partial charge >= 0.3 is 5.97 Å². The minimum atomic E-state index is -0.667. The zero-order chi connectivity index (χ0) is 12.3. The topological polar surface area (TPSA) is 26.3 Å². The van der Waals surface area contributed by atoms with Gasteiger partial charge in [-0.15, -0.1) is 23.2 Å². The van der Waals surface area contributed by atoms with Gasteiger partial charge in [0.05, 0.1) is 6.61 Å². The third-order valence-corrected chi connectivity index (χ3v) is 3.79. The molecule has 4 heteroatoms. The summed E-state index contributed by atoms with van der Waals surface area (Å²) in [4.78, 5) is 11.5. The van der Waals surface area contributed by atoms with Crippen LogP contribution in [0.5, 0.6) is 0 Å². The summed E-state index contributed by atoms with van der Waals surface area (Å²) in [6.07, 6.45) is 1.81. The van der Waals surface area contributed by atoms with Crippen LogP contribution in [0.1, 0.15) is 18.4 Å². The lowest BCUT2D eigenvalue weighted by molar-refractivity contribution is -0.144. The minimum Gasteiger partial charge on any atom is -0.465 e. The quantitative estimate of drug-likeness (QED) is 0.607. The van der Waals surface area contributed by atoms with Gasteiger partial charge in [-0.3, -0.25) is 4.79 Å². The number of alkyl halides is 2. The molecule has 0 amide bonds. The van der Waals surface area contributed by atoms with Gasteiger partial charge in [-0.2, -0.15) is 0 Å². The maximum atomic E-state index is 11.5. The molecule has 0 N–H and O–H groups in total. The first-order valence-electron chi connectivity index (χ1n) is 5.65. The van der Waals surface area contributed by atoms with Gasteiger partial charge in [-0.25, -0.2) is 0 Å². The van der Waals surface area contributed by atoms with Crippen LogP contribution >= 0.6 is 23.2 Å². The molecule has 2 rings (SSSR count). The zero-order valence-electron chi connectivity index (χ0n) is 9.36. The fourth-order valence-electron chi connectivity index (χ4n) is 1.61. The van der Waals surface area contributed by atoms with Crippen molar-refractivity contribution in [2.75, 3.05) is 6.61 Å². The Balaban J connectivity index is 1.65. The van der Waals surface area contributed by atoms with Crippen LogP contribution in [0.4, 0.5) is 0 Å². The second-order valence-electron chi connectivity index (χ2n) is 4.33. The summed E-state index contributed by atoms with van der Waals surface area (Å²) < 4.78 is 4.45. The van der Waals surface area contributed by atoms with Gasteiger partial charge in [-0.05, 0) is 18.4 Å². The largest absolute Gasteiger partial charge is 0.465 e. The van der Waals surface area contributed by atoms with Crippen molar-refractivity contribution in [1.82, 2.24) is 0 Å². The fraction of sp³-hybridized carbons (Fsp3) is 0.462. The third-order valence-electron chi connectivity index (χ3n) is 2.86. The number of esters is 1. The highest BCUT2D eigenvalue weighted by atomic mass is 35.5. The second kappa shape index (κ2) is 5.28. The predicted octanol–water partition coefficient (Wildman–Crippen LogP) is 3.36. The molecule has 92 valence electrons. The van der Waals surface area contributed by atoms with E-state index >= 15 is 0 Å². The Morgan fingerprint density at radius 1 is 1.35 bits per heavy atom. The minimum absolute atomic E-state index is 0.103. The van der Waals surface area contributed by atoms with Crippen LogP contribution in [0.15, 0.2) is 30.3 Å². The van der Waals surface area contributed by atoms with E-state index in [0.717, 1.165) is 5.56 Å². The van der Waals surface area contributed by atoms with Crippen LogP contribution in [0.3, 0.4) is 0 Å². The number of hydrogen-bond acceptors (Lipinski definition) is 2. The third kappa shape index (κ3) is 3.90. The molecule has 0 aromatic heterocycles. The number of carbonyl (C=O) groups is 1. The van der Waals surface area contributed by atoms with E-state index in [1.165, 1.54) is 0 Å². The summed E-state index contributed by atoms with van der Waals surface area (Å²) in [5, 5.41) is 0. The number of halogens is 2. The Morgan fingerprint density at radius 2 is 2.00 bits per heavy atom. The van der Waals surface area contributed by atoms with Gasteiger partial charge in [-0.1, -0.05) is 30.3 Å². The molecule has 1 saturated carbocycles. The lowest BCUT2D eigenvalue weighted by Crippen LogP contribution is -2.10. The number of aryl methyl sites for hydroxylation is 1. The predicted molar refractivity (Wildman–Crippen MR) is 68.3 cm³/mol. The Morgan fingerprint density at radius 3 is 2.59 bits per heavy atom. The standard InChI is InChI=1S/C13H14Cl2O2/c14-13(15)8-11(13)9-17-12(16)7-6-10-4-2-1-3-5-10/h1-5,11H,6-9H2. The summed E-state index contributed by atoms with van der Waals surface area (Å²) in [7, 11) is 0. The summed E-state index contributed by atoms with van der Waals surface area (Å²) in [5.74, 6) is -0.0867. The van der Waals surface area contributed by atoms with Gasteiger partial charge in [0.25, 0.3) is 0 Å². The number of carbonyl (C=O) groups excluding carboxylic acids is 1. The van der Waals surface area contributed by atoms with Crippen molar-refractivity contribution in [3.8, 4) is 0 Å². The maximum absolute atomic E-state index is 11.5. The van der Waals surface area contributed by atoms with Crippen molar-refractivity contribution in [3.05, 3.63) is 35.9 Å². The molecular formula is C13H14Cl2O2. The van der Waals surface area contributed by atoms with E-state index in [9.17, 15) is 4.79 Å². The van der Waals surface area contributed by atoms with Crippen LogP contribution < -0.4 is 0 Å². The van der Waals surface area contributed by atoms with E-state index in [-0.39, 0.29) is 11.9 Å². The van der Waals surface area contributed by atoms with Crippen LogP contribution in [0.25, 0.3) is 0 Å². The summed E-state index contributed by atoms with van der Waals surface area (Å²) >= 11 is 11.7. The molecular weight excluding hydrogens is 259 g/mol. The van der Waals surface area contributed by atoms with Crippen molar-refractivity contribution >= 4 is 29.2 Å². The van der Waals surface area contributed by atoms with Crippen LogP contribution in [0.2, 0.25) is 0 Å². The summed E-state index contributed by atoms with van der Waals surface area (Å²) in [5.41, 5.74) is 1.14. The van der Waals surface area contributed by atoms with Crippen molar-refractivity contribution in [2.24, 2.45) is 5.92 Å². The van der Waals surface area contributed by atoms with Crippen molar-refractivity contribution in [1.29, 1.82) is 0 Å². The highest BCUT2D eigenvalue weighted by Crippen LogP contribution is 2.53. The van der Waals surface area contributed by atoms with Gasteiger partial charge in [0.15, 0.2) is 0 Å². The fourth-order valence-corrected chi connectivity index (χ4v) is 2.11. The van der Waals surface area contributed by atoms with Gasteiger partial charge in [0.2, 0.25) is 0 Å². The first-order valence-corrected chi connectivity index (χ1v) is 6.41. The lowest BCUT2D eigenvalue weighted by Gasteiger charge is -2.04. The molecule has 0 bridgehead atoms. The average molecular weight is 273 g/mol. The molecule has 1 unspecified atom stereocenters. The smallest absolute Gasteiger partial charge is 0.306 e. The van der Waals surface area contributed by atoms with E-state index in [1.54, 1.807) is 0 Å². The van der Waals surface area contributed by atoms with E-state index in [0.29, 0.717) is 25.9 Å². The molecule has 1 fully saturated rings. The number of hydrogen-bond donors (Lipinski definition) is 0. The molecule has 1 aromatic carbocycles. The Kier molecular flexibility index (Phi) is 3.95. The molecule has 2 nitrogen and oxygen atoms in total. The molecule has 0 radical (unpaired) electrons. The Bertz CT molecular complexity index is 390. The Labute approximate surface area is 111 Å². The molecule has 0 spiro atoms. The van der Waals surface area contributed by atoms with E-state index in [2.05, 4.69) is 0 Å². The van der Waals surface area contributed by atoms with Crippen LogP contribution in [0, 0.1) is 5.92 Å². The van der Waals surface area contributed by atoms with Gasteiger partial charge in [0, 0.05) is 12.3 Å². The summed E-state index contributed by atoms with van der Waals surface area (Å²) in [6, 6.07) is 9.86. The molecule has 1 atom stereocenters. The Hall–Kier alpha value is -0.730. The first kappa shape index (κ1) is 12.7. The van der Waals surface area contributed by atoms with E-state index in [4.69, 9.17) is 27.9 Å². The van der Waals surface area contributed by atoms with Crippen LogP contribution in [-0.2, 0) is 16.0 Å². The highest BCUT2D eigenvalue weighted by Gasteiger charge is 2.52. The van der Waals surface area contributed by atoms with E-state index < -0.39 is 4.33 Å². The molecule has 17 heavy (non-hydrogen) atoms. The summed E-state index contributed by atoms with van der Waals surface area (Å²) in [6.45, 7) is 0.334. The normalized spacial score (nSPS) is 20.9. The average Bonchev–Trinajstić information content (AvgIpc) is 2.93. The molecule has 1 aliphatic rings. The highest BCUT2D eigenvalue weighted by molar-refractivity contribution is 6.50. The first-order chi connectivity index (χ1) is 8.08. The van der Waals surface area contributed by atoms with Gasteiger partial charge < -0.3 is 4.74 Å². The molecule has 1 aromatic rings. The second-order valence-corrected chi connectivity index (χ2v) is 5.87.